The number of sulfonamides is 1. The van der Waals surface area contributed by atoms with Crippen LogP contribution in [0.25, 0.3) is 0 Å². The van der Waals surface area contributed by atoms with Crippen molar-refractivity contribution >= 4 is 15.9 Å². The minimum atomic E-state index is -3.68. The Hall–Kier alpha value is -1.72. The number of hydrogen-bond acceptors (Lipinski definition) is 7. The van der Waals surface area contributed by atoms with E-state index >= 15 is 0 Å². The summed E-state index contributed by atoms with van der Waals surface area (Å²) < 4.78 is 38.5. The molecule has 1 amide bonds. The van der Waals surface area contributed by atoms with Crippen molar-refractivity contribution in [1.82, 2.24) is 19.0 Å². The largest absolute Gasteiger partial charge is 0.497 e. The van der Waals surface area contributed by atoms with E-state index in [9.17, 15) is 13.2 Å². The number of nitrogens with zero attached hydrogens (tertiary/aromatic N) is 4. The van der Waals surface area contributed by atoms with E-state index in [1.807, 2.05) is 11.9 Å². The summed E-state index contributed by atoms with van der Waals surface area (Å²) in [5.74, 6) is 0.589. The summed E-state index contributed by atoms with van der Waals surface area (Å²) in [6.07, 6.45) is 7.09. The molecule has 3 aliphatic rings. The van der Waals surface area contributed by atoms with Crippen LogP contribution in [0.1, 0.15) is 49.7 Å². The number of rotatable bonds is 11. The number of likely N-dealkylation sites (N-methyl/N-ethyl adjacent to an activating group) is 2. The maximum Gasteiger partial charge on any atom is 0.248 e. The predicted molar refractivity (Wildman–Crippen MR) is 148 cm³/mol. The van der Waals surface area contributed by atoms with Gasteiger partial charge in [-0.05, 0) is 75.6 Å². The van der Waals surface area contributed by atoms with Crippen LogP contribution in [-0.2, 0) is 19.6 Å². The Morgan fingerprint density at radius 1 is 0.921 bits per heavy atom. The van der Waals surface area contributed by atoms with Crippen molar-refractivity contribution in [3.05, 3.63) is 23.3 Å². The first-order valence-electron chi connectivity index (χ1n) is 14.0. The molecule has 0 radical (unpaired) electrons. The second-order valence-electron chi connectivity index (χ2n) is 11.2. The highest BCUT2D eigenvalue weighted by atomic mass is 32.2. The van der Waals surface area contributed by atoms with Gasteiger partial charge in [0, 0.05) is 64.9 Å². The van der Waals surface area contributed by atoms with Crippen LogP contribution in [0.3, 0.4) is 0 Å². The molecule has 0 aromatic heterocycles. The van der Waals surface area contributed by atoms with E-state index < -0.39 is 10.0 Å². The molecule has 1 aliphatic heterocycles. The standard InChI is InChI=1S/C28H46N4O5S/c1-21-18-26(36-5)19-22(2)28(21)38(34,35)29(3)16-17-37-20-27(33)30(4)23-6-8-24(9-7-23)31-12-14-32(15-13-31)25-10-11-25/h18-19,23-25H,6-17,20H2,1-5H3. The van der Waals surface area contributed by atoms with Gasteiger partial charge < -0.3 is 14.4 Å². The molecule has 0 unspecified atom stereocenters. The number of hydrogen-bond donors (Lipinski definition) is 0. The van der Waals surface area contributed by atoms with Gasteiger partial charge in [-0.1, -0.05) is 0 Å². The molecular formula is C28H46N4O5S. The van der Waals surface area contributed by atoms with Crippen molar-refractivity contribution in [2.75, 3.05) is 67.1 Å². The molecule has 214 valence electrons. The highest BCUT2D eigenvalue weighted by Crippen LogP contribution is 2.31. The third-order valence-corrected chi connectivity index (χ3v) is 10.8. The van der Waals surface area contributed by atoms with Gasteiger partial charge in [0.25, 0.3) is 0 Å². The lowest BCUT2D eigenvalue weighted by Crippen LogP contribution is -2.52. The molecule has 1 aromatic rings. The van der Waals surface area contributed by atoms with E-state index in [1.165, 1.54) is 43.3 Å². The molecule has 0 spiro atoms. The highest BCUT2D eigenvalue weighted by Gasteiger charge is 2.35. The molecule has 1 heterocycles. The fraction of sp³-hybridized carbons (Fsp3) is 0.750. The zero-order chi connectivity index (χ0) is 27.4. The van der Waals surface area contributed by atoms with E-state index in [2.05, 4.69) is 9.80 Å². The molecule has 1 aromatic carbocycles. The van der Waals surface area contributed by atoms with Gasteiger partial charge in [-0.15, -0.1) is 0 Å². The fourth-order valence-electron chi connectivity index (χ4n) is 6.09. The lowest BCUT2D eigenvalue weighted by Gasteiger charge is -2.43. The molecule has 4 rings (SSSR count). The van der Waals surface area contributed by atoms with Crippen LogP contribution < -0.4 is 4.74 Å². The fourth-order valence-corrected chi connectivity index (χ4v) is 7.65. The monoisotopic (exact) mass is 550 g/mol. The normalized spacial score (nSPS) is 23.5. The molecule has 1 saturated heterocycles. The predicted octanol–water partition coefficient (Wildman–Crippen LogP) is 2.50. The number of amides is 1. The zero-order valence-electron chi connectivity index (χ0n) is 23.8. The van der Waals surface area contributed by atoms with Crippen LogP contribution in [0, 0.1) is 13.8 Å². The minimum absolute atomic E-state index is 0.0337. The first kappa shape index (κ1) is 29.3. The van der Waals surface area contributed by atoms with Crippen molar-refractivity contribution in [2.45, 2.75) is 75.4 Å². The van der Waals surface area contributed by atoms with E-state index in [0.717, 1.165) is 31.7 Å². The van der Waals surface area contributed by atoms with E-state index in [1.54, 1.807) is 40.1 Å². The molecule has 9 nitrogen and oxygen atoms in total. The van der Waals surface area contributed by atoms with Crippen molar-refractivity contribution in [3.63, 3.8) is 0 Å². The lowest BCUT2D eigenvalue weighted by atomic mass is 9.89. The Morgan fingerprint density at radius 2 is 1.42 bits per heavy atom. The summed E-state index contributed by atoms with van der Waals surface area (Å²) in [7, 11) is 1.29. The van der Waals surface area contributed by atoms with Crippen LogP contribution in [0.15, 0.2) is 17.0 Å². The summed E-state index contributed by atoms with van der Waals surface area (Å²) >= 11 is 0. The van der Waals surface area contributed by atoms with Crippen molar-refractivity contribution in [1.29, 1.82) is 0 Å². The zero-order valence-corrected chi connectivity index (χ0v) is 24.6. The summed E-state index contributed by atoms with van der Waals surface area (Å²) in [6, 6.07) is 5.20. The van der Waals surface area contributed by atoms with Gasteiger partial charge in [0.1, 0.15) is 12.4 Å². The average Bonchev–Trinajstić information content (AvgIpc) is 3.75. The van der Waals surface area contributed by atoms with E-state index in [0.29, 0.717) is 22.9 Å². The topological polar surface area (TPSA) is 82.6 Å². The van der Waals surface area contributed by atoms with Crippen LogP contribution in [0.4, 0.5) is 0 Å². The Bertz CT molecular complexity index is 1040. The number of ether oxygens (including phenoxy) is 2. The smallest absolute Gasteiger partial charge is 0.248 e. The second-order valence-corrected chi connectivity index (χ2v) is 13.2. The van der Waals surface area contributed by atoms with Crippen molar-refractivity contribution in [2.24, 2.45) is 0 Å². The number of carbonyl (C=O) groups is 1. The Balaban J connectivity index is 1.17. The van der Waals surface area contributed by atoms with E-state index in [4.69, 9.17) is 9.47 Å². The second kappa shape index (κ2) is 12.6. The number of benzene rings is 1. The quantitative estimate of drug-likeness (QED) is 0.392. The number of methoxy groups -OCH3 is 1. The third kappa shape index (κ3) is 6.88. The van der Waals surface area contributed by atoms with Gasteiger partial charge in [-0.2, -0.15) is 4.31 Å². The first-order chi connectivity index (χ1) is 18.1. The number of carbonyl (C=O) groups excluding carboxylic acids is 1. The van der Waals surface area contributed by atoms with Gasteiger partial charge in [-0.3, -0.25) is 14.6 Å². The molecule has 38 heavy (non-hydrogen) atoms. The van der Waals surface area contributed by atoms with E-state index in [-0.39, 0.29) is 36.6 Å². The Labute approximate surface area is 229 Å². The molecule has 0 bridgehead atoms. The van der Waals surface area contributed by atoms with Crippen LogP contribution >= 0.6 is 0 Å². The molecule has 2 aliphatic carbocycles. The summed E-state index contributed by atoms with van der Waals surface area (Å²) in [5.41, 5.74) is 1.28. The maximum atomic E-state index is 13.2. The molecule has 2 saturated carbocycles. The summed E-state index contributed by atoms with van der Waals surface area (Å²) in [6.45, 7) is 8.59. The van der Waals surface area contributed by atoms with Gasteiger partial charge >= 0.3 is 0 Å². The maximum absolute atomic E-state index is 13.2. The van der Waals surface area contributed by atoms with Crippen LogP contribution in [0.5, 0.6) is 5.75 Å². The summed E-state index contributed by atoms with van der Waals surface area (Å²) in [4.78, 5) is 20.2. The van der Waals surface area contributed by atoms with Gasteiger partial charge in [0.2, 0.25) is 15.9 Å². The van der Waals surface area contributed by atoms with Crippen LogP contribution in [0.2, 0.25) is 0 Å². The Kier molecular flexibility index (Phi) is 9.73. The summed E-state index contributed by atoms with van der Waals surface area (Å²) in [5, 5.41) is 0. The van der Waals surface area contributed by atoms with Crippen LogP contribution in [-0.4, -0.2) is 119 Å². The third-order valence-electron chi connectivity index (χ3n) is 8.65. The van der Waals surface area contributed by atoms with Gasteiger partial charge in [-0.25, -0.2) is 8.42 Å². The molecule has 0 atom stereocenters. The van der Waals surface area contributed by atoms with Gasteiger partial charge in [0.05, 0.1) is 18.6 Å². The SMILES string of the molecule is COc1cc(C)c(S(=O)(=O)N(C)CCOCC(=O)N(C)C2CCC(N3CCN(C4CC4)CC3)CC2)c(C)c1. The average molecular weight is 551 g/mol. The highest BCUT2D eigenvalue weighted by molar-refractivity contribution is 7.89. The molecule has 0 N–H and O–H groups in total. The van der Waals surface area contributed by atoms with Crippen molar-refractivity contribution in [3.8, 4) is 5.75 Å². The minimum Gasteiger partial charge on any atom is -0.497 e. The molecule has 3 fully saturated rings. The number of aryl methyl sites for hydroxylation is 2. The van der Waals surface area contributed by atoms with Gasteiger partial charge in [0.15, 0.2) is 0 Å². The number of piperazine rings is 1. The lowest BCUT2D eigenvalue weighted by molar-refractivity contribution is -0.137. The first-order valence-corrected chi connectivity index (χ1v) is 15.5. The molecular weight excluding hydrogens is 504 g/mol. The van der Waals surface area contributed by atoms with Crippen molar-refractivity contribution < 1.29 is 22.7 Å². The Morgan fingerprint density at radius 3 is 1.89 bits per heavy atom. The molecule has 10 heteroatoms.